The molecule has 1 nitrogen and oxygen atoms in total. The zero-order valence-electron chi connectivity index (χ0n) is 13.0. The Kier molecular flexibility index (Phi) is 7.18. The maximum atomic E-state index is 13.2. The molecule has 1 aromatic carbocycles. The average Bonchev–Trinajstić information content (AvgIpc) is 2.49. The van der Waals surface area contributed by atoms with Gasteiger partial charge in [-0.2, -0.15) is 0 Å². The fourth-order valence-electron chi connectivity index (χ4n) is 3.43. The van der Waals surface area contributed by atoms with Gasteiger partial charge in [-0.1, -0.05) is 61.0 Å². The molecular weight excluding hydrogens is 329 g/mol. The summed E-state index contributed by atoms with van der Waals surface area (Å²) < 4.78 is 14.1. The minimum absolute atomic E-state index is 0.173. The average molecular weight is 356 g/mol. The standard InChI is InChI=1S/C18H27BrFN/c1-2-21-17(11-8-14-6-4-3-5-7-14)12-15-9-10-16(20)13-18(15)19/h9-10,13-14,17,21H,2-8,11-12H2,1H3. The van der Waals surface area contributed by atoms with Gasteiger partial charge in [0.2, 0.25) is 0 Å². The molecule has 21 heavy (non-hydrogen) atoms. The number of halogens is 2. The highest BCUT2D eigenvalue weighted by Crippen LogP contribution is 2.28. The lowest BCUT2D eigenvalue weighted by molar-refractivity contribution is 0.313. The van der Waals surface area contributed by atoms with Gasteiger partial charge in [0.1, 0.15) is 5.82 Å². The van der Waals surface area contributed by atoms with Crippen LogP contribution in [0.4, 0.5) is 4.39 Å². The Labute approximate surface area is 136 Å². The van der Waals surface area contributed by atoms with Crippen LogP contribution in [0.15, 0.2) is 22.7 Å². The smallest absolute Gasteiger partial charge is 0.124 e. The molecule has 1 aliphatic carbocycles. The molecule has 0 saturated heterocycles. The molecule has 0 bridgehead atoms. The molecule has 1 N–H and O–H groups in total. The molecule has 2 rings (SSSR count). The third kappa shape index (κ3) is 5.71. The van der Waals surface area contributed by atoms with Crippen LogP contribution in [0.25, 0.3) is 0 Å². The number of benzene rings is 1. The second kappa shape index (κ2) is 8.89. The fourth-order valence-corrected chi connectivity index (χ4v) is 3.94. The molecule has 1 fully saturated rings. The van der Waals surface area contributed by atoms with Crippen LogP contribution in [0.1, 0.15) is 57.4 Å². The topological polar surface area (TPSA) is 12.0 Å². The highest BCUT2D eigenvalue weighted by Gasteiger charge is 2.17. The lowest BCUT2D eigenvalue weighted by Gasteiger charge is -2.25. The lowest BCUT2D eigenvalue weighted by atomic mass is 9.84. The molecule has 3 heteroatoms. The van der Waals surface area contributed by atoms with Gasteiger partial charge >= 0.3 is 0 Å². The largest absolute Gasteiger partial charge is 0.314 e. The first-order chi connectivity index (χ1) is 10.2. The summed E-state index contributed by atoms with van der Waals surface area (Å²) in [5.41, 5.74) is 1.20. The van der Waals surface area contributed by atoms with E-state index in [1.807, 2.05) is 6.07 Å². The van der Waals surface area contributed by atoms with E-state index in [1.165, 1.54) is 50.5 Å². The first kappa shape index (κ1) is 17.0. The van der Waals surface area contributed by atoms with Gasteiger partial charge in [-0.15, -0.1) is 0 Å². The Morgan fingerprint density at radius 1 is 1.29 bits per heavy atom. The second-order valence-corrected chi connectivity index (χ2v) is 7.13. The molecule has 0 heterocycles. The van der Waals surface area contributed by atoms with Crippen LogP contribution >= 0.6 is 15.9 Å². The number of rotatable bonds is 7. The maximum Gasteiger partial charge on any atom is 0.124 e. The van der Waals surface area contributed by atoms with Crippen molar-refractivity contribution >= 4 is 15.9 Å². The van der Waals surface area contributed by atoms with Gasteiger partial charge < -0.3 is 5.32 Å². The van der Waals surface area contributed by atoms with Crippen LogP contribution in [-0.4, -0.2) is 12.6 Å². The summed E-state index contributed by atoms with van der Waals surface area (Å²) in [5.74, 6) is 0.754. The van der Waals surface area contributed by atoms with E-state index >= 15 is 0 Å². The Hall–Kier alpha value is -0.410. The van der Waals surface area contributed by atoms with Crippen molar-refractivity contribution in [2.24, 2.45) is 5.92 Å². The van der Waals surface area contributed by atoms with Gasteiger partial charge in [-0.05, 0) is 49.4 Å². The third-order valence-electron chi connectivity index (χ3n) is 4.62. The van der Waals surface area contributed by atoms with Crippen LogP contribution in [-0.2, 0) is 6.42 Å². The summed E-state index contributed by atoms with van der Waals surface area (Å²) in [4.78, 5) is 0. The molecule has 118 valence electrons. The predicted octanol–water partition coefficient (Wildman–Crippen LogP) is 5.47. The van der Waals surface area contributed by atoms with E-state index in [4.69, 9.17) is 0 Å². The van der Waals surface area contributed by atoms with Crippen molar-refractivity contribution in [3.8, 4) is 0 Å². The molecule has 1 aliphatic rings. The van der Waals surface area contributed by atoms with Crippen LogP contribution in [0.3, 0.4) is 0 Å². The fraction of sp³-hybridized carbons (Fsp3) is 0.667. The summed E-state index contributed by atoms with van der Waals surface area (Å²) in [6, 6.07) is 5.53. The first-order valence-electron chi connectivity index (χ1n) is 8.36. The molecule has 1 unspecified atom stereocenters. The van der Waals surface area contributed by atoms with Crippen molar-refractivity contribution in [3.63, 3.8) is 0 Å². The van der Waals surface area contributed by atoms with E-state index in [9.17, 15) is 4.39 Å². The third-order valence-corrected chi connectivity index (χ3v) is 5.36. The van der Waals surface area contributed by atoms with E-state index in [2.05, 4.69) is 28.2 Å². The van der Waals surface area contributed by atoms with Gasteiger partial charge in [0.05, 0.1) is 0 Å². The summed E-state index contributed by atoms with van der Waals surface area (Å²) >= 11 is 3.49. The normalized spacial score (nSPS) is 17.9. The SMILES string of the molecule is CCNC(CCC1CCCCC1)Cc1ccc(F)cc1Br. The van der Waals surface area contributed by atoms with Gasteiger partial charge in [-0.3, -0.25) is 0 Å². The van der Waals surface area contributed by atoms with E-state index < -0.39 is 0 Å². The number of hydrogen-bond donors (Lipinski definition) is 1. The number of likely N-dealkylation sites (N-methyl/N-ethyl adjacent to an activating group) is 1. The number of nitrogens with one attached hydrogen (secondary N) is 1. The van der Waals surface area contributed by atoms with Crippen LogP contribution in [0.2, 0.25) is 0 Å². The van der Waals surface area contributed by atoms with Crippen molar-refractivity contribution in [1.29, 1.82) is 0 Å². The van der Waals surface area contributed by atoms with Gasteiger partial charge in [0, 0.05) is 10.5 Å². The predicted molar refractivity (Wildman–Crippen MR) is 91.1 cm³/mol. The molecule has 1 atom stereocenters. The minimum atomic E-state index is -0.173. The molecule has 0 amide bonds. The summed E-state index contributed by atoms with van der Waals surface area (Å²) in [6.07, 6.45) is 10.6. The van der Waals surface area contributed by atoms with Crippen LogP contribution in [0, 0.1) is 11.7 Å². The molecule has 1 aromatic rings. The molecule has 0 spiro atoms. The van der Waals surface area contributed by atoms with Gasteiger partial charge in [0.25, 0.3) is 0 Å². The summed E-state index contributed by atoms with van der Waals surface area (Å²) in [6.45, 7) is 3.15. The first-order valence-corrected chi connectivity index (χ1v) is 9.15. The van der Waals surface area contributed by atoms with Crippen LogP contribution in [0.5, 0.6) is 0 Å². The zero-order chi connectivity index (χ0) is 15.1. The minimum Gasteiger partial charge on any atom is -0.314 e. The van der Waals surface area contributed by atoms with E-state index in [0.717, 1.165) is 23.4 Å². The van der Waals surface area contributed by atoms with Gasteiger partial charge in [-0.25, -0.2) is 4.39 Å². The van der Waals surface area contributed by atoms with E-state index in [1.54, 1.807) is 12.1 Å². The Bertz CT molecular complexity index is 429. The summed E-state index contributed by atoms with van der Waals surface area (Å²) in [7, 11) is 0. The van der Waals surface area contributed by atoms with Crippen molar-refractivity contribution in [1.82, 2.24) is 5.32 Å². The van der Waals surface area contributed by atoms with Crippen molar-refractivity contribution in [2.75, 3.05) is 6.54 Å². The summed E-state index contributed by atoms with van der Waals surface area (Å²) in [5, 5.41) is 3.60. The Balaban J connectivity index is 1.88. The quantitative estimate of drug-likeness (QED) is 0.683. The van der Waals surface area contributed by atoms with Crippen molar-refractivity contribution < 1.29 is 4.39 Å². The highest BCUT2D eigenvalue weighted by atomic mass is 79.9. The van der Waals surface area contributed by atoms with Crippen molar-refractivity contribution in [3.05, 3.63) is 34.1 Å². The molecule has 0 aromatic heterocycles. The number of hydrogen-bond acceptors (Lipinski definition) is 1. The molecular formula is C18H27BrFN. The Morgan fingerprint density at radius 3 is 2.71 bits per heavy atom. The van der Waals surface area contributed by atoms with Crippen molar-refractivity contribution in [2.45, 2.75) is 64.3 Å². The molecule has 0 radical (unpaired) electrons. The monoisotopic (exact) mass is 355 g/mol. The Morgan fingerprint density at radius 2 is 2.05 bits per heavy atom. The van der Waals surface area contributed by atoms with E-state index in [0.29, 0.717) is 6.04 Å². The lowest BCUT2D eigenvalue weighted by Crippen LogP contribution is -2.31. The van der Waals surface area contributed by atoms with Crippen LogP contribution < -0.4 is 5.32 Å². The molecule has 0 aliphatic heterocycles. The second-order valence-electron chi connectivity index (χ2n) is 6.28. The zero-order valence-corrected chi connectivity index (χ0v) is 14.6. The highest BCUT2D eigenvalue weighted by molar-refractivity contribution is 9.10. The van der Waals surface area contributed by atoms with E-state index in [-0.39, 0.29) is 5.82 Å². The molecule has 1 saturated carbocycles. The maximum absolute atomic E-state index is 13.2. The van der Waals surface area contributed by atoms with Gasteiger partial charge in [0.15, 0.2) is 0 Å².